The van der Waals surface area contributed by atoms with Gasteiger partial charge < -0.3 is 18.8 Å². The normalized spacial score (nSPS) is 15.3. The summed E-state index contributed by atoms with van der Waals surface area (Å²) in [6.45, 7) is 2.14. The van der Waals surface area contributed by atoms with Crippen LogP contribution in [0.25, 0.3) is 0 Å². The molecule has 3 heterocycles. The number of hydrogen-bond donors (Lipinski definition) is 0. The van der Waals surface area contributed by atoms with Crippen LogP contribution in [0.3, 0.4) is 0 Å². The Balaban J connectivity index is 1.60. The number of aromatic nitrogens is 1. The zero-order chi connectivity index (χ0) is 14.8. The van der Waals surface area contributed by atoms with Gasteiger partial charge in [-0.05, 0) is 18.2 Å². The zero-order valence-corrected chi connectivity index (χ0v) is 11.9. The molecule has 1 fully saturated rings. The van der Waals surface area contributed by atoms with Crippen LogP contribution in [0.1, 0.15) is 20.9 Å². The third-order valence-electron chi connectivity index (χ3n) is 3.66. The van der Waals surface area contributed by atoms with Gasteiger partial charge in [0.25, 0.3) is 11.8 Å². The second-order valence-corrected chi connectivity index (χ2v) is 5.13. The van der Waals surface area contributed by atoms with Crippen LogP contribution in [-0.2, 0) is 7.05 Å². The Morgan fingerprint density at radius 1 is 1.05 bits per heavy atom. The van der Waals surface area contributed by atoms with E-state index in [1.807, 2.05) is 30.1 Å². The number of carbonyl (C=O) groups excluding carboxylic acids is 2. The highest BCUT2D eigenvalue weighted by atomic mass is 16.3. The number of hydrogen-bond acceptors (Lipinski definition) is 3. The number of furan rings is 1. The van der Waals surface area contributed by atoms with Crippen molar-refractivity contribution in [2.24, 2.45) is 7.05 Å². The molecule has 0 radical (unpaired) electrons. The molecule has 0 bridgehead atoms. The maximum Gasteiger partial charge on any atom is 0.289 e. The Hall–Kier alpha value is -2.50. The highest BCUT2D eigenvalue weighted by Crippen LogP contribution is 2.12. The van der Waals surface area contributed by atoms with E-state index in [1.165, 1.54) is 6.26 Å². The van der Waals surface area contributed by atoms with Gasteiger partial charge in [0.05, 0.1) is 11.8 Å². The van der Waals surface area contributed by atoms with Crippen LogP contribution in [0.4, 0.5) is 0 Å². The molecule has 0 unspecified atom stereocenters. The highest BCUT2D eigenvalue weighted by molar-refractivity contribution is 5.95. The first-order valence-corrected chi connectivity index (χ1v) is 6.89. The van der Waals surface area contributed by atoms with Crippen molar-refractivity contribution in [1.82, 2.24) is 14.4 Å². The molecule has 2 amide bonds. The monoisotopic (exact) mass is 287 g/mol. The van der Waals surface area contributed by atoms with Crippen LogP contribution >= 0.6 is 0 Å². The number of rotatable bonds is 2. The minimum atomic E-state index is -0.119. The smallest absolute Gasteiger partial charge is 0.289 e. The van der Waals surface area contributed by atoms with Gasteiger partial charge in [-0.15, -0.1) is 0 Å². The first-order valence-electron chi connectivity index (χ1n) is 6.89. The number of aryl methyl sites for hydroxylation is 1. The largest absolute Gasteiger partial charge is 0.459 e. The first kappa shape index (κ1) is 13.5. The summed E-state index contributed by atoms with van der Waals surface area (Å²) in [7, 11) is 1.89. The lowest BCUT2D eigenvalue weighted by Crippen LogP contribution is -2.50. The van der Waals surface area contributed by atoms with Gasteiger partial charge >= 0.3 is 0 Å². The van der Waals surface area contributed by atoms with Crippen LogP contribution in [0.5, 0.6) is 0 Å². The standard InChI is InChI=1S/C15H17N3O3/c1-16-5-4-12(11-16)14(19)17-6-8-18(9-7-17)15(20)13-3-2-10-21-13/h2-5,10-11H,6-9H2,1H3. The Kier molecular flexibility index (Phi) is 3.51. The van der Waals surface area contributed by atoms with Crippen molar-refractivity contribution in [3.63, 3.8) is 0 Å². The molecule has 6 nitrogen and oxygen atoms in total. The van der Waals surface area contributed by atoms with E-state index in [0.717, 1.165) is 0 Å². The molecule has 1 saturated heterocycles. The molecule has 1 aliphatic rings. The Labute approximate surface area is 122 Å². The Bertz CT molecular complexity index is 637. The summed E-state index contributed by atoms with van der Waals surface area (Å²) in [5.41, 5.74) is 0.684. The van der Waals surface area contributed by atoms with Crippen molar-refractivity contribution in [2.45, 2.75) is 0 Å². The lowest BCUT2D eigenvalue weighted by Gasteiger charge is -2.34. The van der Waals surface area contributed by atoms with Gasteiger partial charge in [-0.1, -0.05) is 0 Å². The Morgan fingerprint density at radius 3 is 2.24 bits per heavy atom. The number of piperazine rings is 1. The lowest BCUT2D eigenvalue weighted by atomic mass is 10.2. The van der Waals surface area contributed by atoms with Crippen molar-refractivity contribution in [2.75, 3.05) is 26.2 Å². The molecule has 0 N–H and O–H groups in total. The van der Waals surface area contributed by atoms with Crippen LogP contribution in [0.15, 0.2) is 41.3 Å². The topological polar surface area (TPSA) is 58.7 Å². The quantitative estimate of drug-likeness (QED) is 0.834. The fourth-order valence-corrected chi connectivity index (χ4v) is 2.48. The molecule has 3 rings (SSSR count). The summed E-state index contributed by atoms with van der Waals surface area (Å²) < 4.78 is 6.97. The van der Waals surface area contributed by atoms with E-state index < -0.39 is 0 Å². The summed E-state index contributed by atoms with van der Waals surface area (Å²) in [5.74, 6) is 0.241. The summed E-state index contributed by atoms with van der Waals surface area (Å²) >= 11 is 0. The van der Waals surface area contributed by atoms with Gasteiger partial charge in [0.2, 0.25) is 0 Å². The van der Waals surface area contributed by atoms with Crippen molar-refractivity contribution >= 4 is 11.8 Å². The van der Waals surface area contributed by atoms with E-state index in [2.05, 4.69) is 0 Å². The average Bonchev–Trinajstić information content (AvgIpc) is 3.17. The molecule has 2 aromatic rings. The molecule has 2 aromatic heterocycles. The van der Waals surface area contributed by atoms with Crippen molar-refractivity contribution in [3.05, 3.63) is 48.2 Å². The van der Waals surface area contributed by atoms with Gasteiger partial charge in [0, 0.05) is 45.6 Å². The summed E-state index contributed by atoms with van der Waals surface area (Å²) in [6.07, 6.45) is 5.15. The lowest BCUT2D eigenvalue weighted by molar-refractivity contribution is 0.0518. The SMILES string of the molecule is Cn1ccc(C(=O)N2CCN(C(=O)c3ccco3)CC2)c1. The van der Waals surface area contributed by atoms with E-state index in [0.29, 0.717) is 37.5 Å². The van der Waals surface area contributed by atoms with Crippen molar-refractivity contribution < 1.29 is 14.0 Å². The minimum Gasteiger partial charge on any atom is -0.459 e. The van der Waals surface area contributed by atoms with Gasteiger partial charge in [-0.25, -0.2) is 0 Å². The predicted molar refractivity (Wildman–Crippen MR) is 75.9 cm³/mol. The molecule has 6 heteroatoms. The van der Waals surface area contributed by atoms with Gasteiger partial charge in [-0.3, -0.25) is 9.59 Å². The molecular weight excluding hydrogens is 270 g/mol. The van der Waals surface area contributed by atoms with Crippen LogP contribution in [-0.4, -0.2) is 52.4 Å². The zero-order valence-electron chi connectivity index (χ0n) is 11.9. The predicted octanol–water partition coefficient (Wildman–Crippen LogP) is 1.22. The fourth-order valence-electron chi connectivity index (χ4n) is 2.48. The highest BCUT2D eigenvalue weighted by Gasteiger charge is 2.26. The molecule has 0 atom stereocenters. The van der Waals surface area contributed by atoms with Gasteiger partial charge in [0.15, 0.2) is 5.76 Å². The third kappa shape index (κ3) is 2.69. The second-order valence-electron chi connectivity index (χ2n) is 5.13. The van der Waals surface area contributed by atoms with E-state index in [1.54, 1.807) is 21.9 Å². The minimum absolute atomic E-state index is 0.0145. The number of nitrogens with zero attached hydrogens (tertiary/aromatic N) is 3. The molecule has 110 valence electrons. The number of amides is 2. The molecule has 0 spiro atoms. The number of carbonyl (C=O) groups is 2. The van der Waals surface area contributed by atoms with Crippen molar-refractivity contribution in [1.29, 1.82) is 0 Å². The second kappa shape index (κ2) is 5.47. The maximum absolute atomic E-state index is 12.3. The molecule has 0 saturated carbocycles. The maximum atomic E-state index is 12.3. The third-order valence-corrected chi connectivity index (χ3v) is 3.66. The van der Waals surface area contributed by atoms with E-state index >= 15 is 0 Å². The van der Waals surface area contributed by atoms with Crippen LogP contribution < -0.4 is 0 Å². The molecular formula is C15H17N3O3. The van der Waals surface area contributed by atoms with Gasteiger partial charge in [0.1, 0.15) is 0 Å². The fraction of sp³-hybridized carbons (Fsp3) is 0.333. The summed E-state index contributed by atoms with van der Waals surface area (Å²) in [5, 5.41) is 0. The summed E-state index contributed by atoms with van der Waals surface area (Å²) in [4.78, 5) is 27.9. The molecule has 1 aliphatic heterocycles. The van der Waals surface area contributed by atoms with Crippen LogP contribution in [0, 0.1) is 0 Å². The van der Waals surface area contributed by atoms with Gasteiger partial charge in [-0.2, -0.15) is 0 Å². The van der Waals surface area contributed by atoms with E-state index in [9.17, 15) is 9.59 Å². The molecule has 0 aliphatic carbocycles. The van der Waals surface area contributed by atoms with Crippen molar-refractivity contribution in [3.8, 4) is 0 Å². The molecule has 0 aromatic carbocycles. The van der Waals surface area contributed by atoms with Crippen LogP contribution in [0.2, 0.25) is 0 Å². The summed E-state index contributed by atoms with van der Waals surface area (Å²) in [6, 6.07) is 5.16. The average molecular weight is 287 g/mol. The van der Waals surface area contributed by atoms with E-state index in [-0.39, 0.29) is 11.8 Å². The molecule has 21 heavy (non-hydrogen) atoms. The van der Waals surface area contributed by atoms with E-state index in [4.69, 9.17) is 4.42 Å². The first-order chi connectivity index (χ1) is 10.1. The Morgan fingerprint density at radius 2 is 1.71 bits per heavy atom.